The van der Waals surface area contributed by atoms with Crippen molar-refractivity contribution in [2.45, 2.75) is 55.1 Å². The fourth-order valence-corrected chi connectivity index (χ4v) is 5.94. The number of halogens is 1. The highest BCUT2D eigenvalue weighted by Gasteiger charge is 2.31. The molecule has 158 valence electrons. The van der Waals surface area contributed by atoms with Crippen molar-refractivity contribution in [3.8, 4) is 0 Å². The van der Waals surface area contributed by atoms with Crippen LogP contribution in [0.2, 0.25) is 5.02 Å². The normalized spacial score (nSPS) is 24.0. The van der Waals surface area contributed by atoms with Crippen LogP contribution in [0.5, 0.6) is 0 Å². The molecule has 29 heavy (non-hydrogen) atoms. The average Bonchev–Trinajstić information content (AvgIpc) is 2.95. The van der Waals surface area contributed by atoms with Gasteiger partial charge in [0.2, 0.25) is 11.8 Å². The summed E-state index contributed by atoms with van der Waals surface area (Å²) in [4.78, 5) is 30.9. The fourth-order valence-electron chi connectivity index (χ4n) is 4.68. The van der Waals surface area contributed by atoms with E-state index in [2.05, 4.69) is 10.2 Å². The summed E-state index contributed by atoms with van der Waals surface area (Å²) in [5.41, 5.74) is 0.740. The standard InChI is InChI=1S/C22H30ClN3O2S/c23-17-7-8-19-18(13-17)24-22(28)20(29-19)14-21(27)26-10-4-9-25(11-12-26)15-16-5-2-1-3-6-16/h7-8,13,16,20H,1-6,9-12,14-15H2,(H,24,28). The van der Waals surface area contributed by atoms with Gasteiger partial charge < -0.3 is 15.1 Å². The van der Waals surface area contributed by atoms with Gasteiger partial charge in [0.25, 0.3) is 0 Å². The van der Waals surface area contributed by atoms with Gasteiger partial charge in [-0.25, -0.2) is 0 Å². The lowest BCUT2D eigenvalue weighted by Gasteiger charge is -2.29. The average molecular weight is 436 g/mol. The molecule has 4 rings (SSSR count). The number of hydrogen-bond acceptors (Lipinski definition) is 4. The second kappa shape index (κ2) is 9.71. The number of nitrogens with one attached hydrogen (secondary N) is 1. The molecule has 1 saturated carbocycles. The Balaban J connectivity index is 1.29. The van der Waals surface area contributed by atoms with Crippen molar-refractivity contribution in [3.05, 3.63) is 23.2 Å². The number of rotatable bonds is 4. The maximum Gasteiger partial charge on any atom is 0.238 e. The molecule has 0 aromatic heterocycles. The van der Waals surface area contributed by atoms with E-state index in [1.165, 1.54) is 50.4 Å². The minimum absolute atomic E-state index is 0.0922. The van der Waals surface area contributed by atoms with Gasteiger partial charge in [-0.3, -0.25) is 9.59 Å². The number of thioether (sulfide) groups is 1. The fraction of sp³-hybridized carbons (Fsp3) is 0.636. The minimum atomic E-state index is -0.377. The molecule has 2 heterocycles. The lowest BCUT2D eigenvalue weighted by Crippen LogP contribution is -2.40. The molecule has 1 saturated heterocycles. The van der Waals surface area contributed by atoms with Gasteiger partial charge in [0.05, 0.1) is 10.9 Å². The van der Waals surface area contributed by atoms with Gasteiger partial charge in [0.1, 0.15) is 0 Å². The highest BCUT2D eigenvalue weighted by molar-refractivity contribution is 8.01. The zero-order chi connectivity index (χ0) is 20.2. The molecule has 1 aliphatic carbocycles. The third-order valence-electron chi connectivity index (χ3n) is 6.30. The number of amides is 2. The Labute approximate surface area is 182 Å². The van der Waals surface area contributed by atoms with E-state index in [-0.39, 0.29) is 23.5 Å². The van der Waals surface area contributed by atoms with Gasteiger partial charge in [0, 0.05) is 42.5 Å². The summed E-state index contributed by atoms with van der Waals surface area (Å²) in [6, 6.07) is 5.49. The van der Waals surface area contributed by atoms with E-state index in [4.69, 9.17) is 11.6 Å². The Kier molecular flexibility index (Phi) is 7.04. The minimum Gasteiger partial charge on any atom is -0.341 e. The third kappa shape index (κ3) is 5.47. The second-order valence-corrected chi connectivity index (χ2v) is 10.2. The number of anilines is 1. The van der Waals surface area contributed by atoms with E-state index < -0.39 is 0 Å². The van der Waals surface area contributed by atoms with Gasteiger partial charge in [-0.1, -0.05) is 30.9 Å². The molecule has 0 radical (unpaired) electrons. The van der Waals surface area contributed by atoms with E-state index in [9.17, 15) is 9.59 Å². The predicted octanol–water partition coefficient (Wildman–Crippen LogP) is 4.26. The molecule has 1 N–H and O–H groups in total. The molecule has 2 fully saturated rings. The van der Waals surface area contributed by atoms with Gasteiger partial charge in [-0.05, 0) is 49.9 Å². The van der Waals surface area contributed by atoms with E-state index in [0.717, 1.165) is 49.1 Å². The molecular formula is C22H30ClN3O2S. The van der Waals surface area contributed by atoms with Crippen LogP contribution in [0.25, 0.3) is 0 Å². The molecule has 7 heteroatoms. The molecule has 2 aliphatic heterocycles. The Hall–Kier alpha value is -1.24. The Morgan fingerprint density at radius 3 is 2.76 bits per heavy atom. The topological polar surface area (TPSA) is 52.7 Å². The van der Waals surface area contributed by atoms with Crippen molar-refractivity contribution in [3.63, 3.8) is 0 Å². The van der Waals surface area contributed by atoms with Crippen molar-refractivity contribution in [1.29, 1.82) is 0 Å². The number of benzene rings is 1. The number of carbonyl (C=O) groups excluding carboxylic acids is 2. The van der Waals surface area contributed by atoms with Gasteiger partial charge in [-0.2, -0.15) is 0 Å². The van der Waals surface area contributed by atoms with E-state index in [0.29, 0.717) is 5.02 Å². The first-order valence-electron chi connectivity index (χ1n) is 10.9. The lowest BCUT2D eigenvalue weighted by molar-refractivity contribution is -0.132. The number of hydrogen-bond donors (Lipinski definition) is 1. The van der Waals surface area contributed by atoms with E-state index in [1.807, 2.05) is 17.0 Å². The van der Waals surface area contributed by atoms with Crippen LogP contribution < -0.4 is 5.32 Å². The largest absolute Gasteiger partial charge is 0.341 e. The van der Waals surface area contributed by atoms with Crippen LogP contribution in [-0.4, -0.2) is 59.6 Å². The van der Waals surface area contributed by atoms with E-state index in [1.54, 1.807) is 6.07 Å². The second-order valence-electron chi connectivity index (χ2n) is 8.48. The molecule has 1 aromatic rings. The zero-order valence-electron chi connectivity index (χ0n) is 16.9. The van der Waals surface area contributed by atoms with Crippen molar-refractivity contribution in [2.24, 2.45) is 5.92 Å². The summed E-state index contributed by atoms with van der Waals surface area (Å²) >= 11 is 7.48. The number of carbonyl (C=O) groups is 2. The third-order valence-corrected chi connectivity index (χ3v) is 7.81. The molecule has 0 bridgehead atoms. The summed E-state index contributed by atoms with van der Waals surface area (Å²) in [6.45, 7) is 4.78. The maximum atomic E-state index is 12.9. The number of fused-ring (bicyclic) bond motifs is 1. The van der Waals surface area contributed by atoms with Crippen LogP contribution in [0.15, 0.2) is 23.1 Å². The first kappa shape index (κ1) is 21.0. The monoisotopic (exact) mass is 435 g/mol. The highest BCUT2D eigenvalue weighted by Crippen LogP contribution is 2.38. The molecule has 0 spiro atoms. The van der Waals surface area contributed by atoms with Gasteiger partial charge in [0.15, 0.2) is 0 Å². The van der Waals surface area contributed by atoms with Crippen LogP contribution in [0, 0.1) is 5.92 Å². The smallest absolute Gasteiger partial charge is 0.238 e. The molecule has 1 aromatic carbocycles. The SMILES string of the molecule is O=C1Nc2cc(Cl)ccc2SC1CC(=O)N1CCCN(CC2CCCCC2)CC1. The summed E-state index contributed by atoms with van der Waals surface area (Å²) in [5.74, 6) is 0.823. The summed E-state index contributed by atoms with van der Waals surface area (Å²) in [7, 11) is 0. The summed E-state index contributed by atoms with van der Waals surface area (Å²) in [6.07, 6.45) is 8.13. The molecule has 1 atom stereocenters. The van der Waals surface area contributed by atoms with Crippen molar-refractivity contribution < 1.29 is 9.59 Å². The van der Waals surface area contributed by atoms with Crippen LogP contribution in [0.3, 0.4) is 0 Å². The van der Waals surface area contributed by atoms with Crippen LogP contribution in [-0.2, 0) is 9.59 Å². The Bertz CT molecular complexity index is 754. The predicted molar refractivity (Wildman–Crippen MR) is 119 cm³/mol. The molecule has 5 nitrogen and oxygen atoms in total. The highest BCUT2D eigenvalue weighted by atomic mass is 35.5. The maximum absolute atomic E-state index is 12.9. The van der Waals surface area contributed by atoms with Gasteiger partial charge >= 0.3 is 0 Å². The molecule has 1 unspecified atom stereocenters. The molecule has 3 aliphatic rings. The van der Waals surface area contributed by atoms with Crippen LogP contribution >= 0.6 is 23.4 Å². The summed E-state index contributed by atoms with van der Waals surface area (Å²) < 4.78 is 0. The molecule has 2 amide bonds. The number of nitrogens with zero attached hydrogens (tertiary/aromatic N) is 2. The van der Waals surface area contributed by atoms with Crippen molar-refractivity contribution in [1.82, 2.24) is 9.80 Å². The summed E-state index contributed by atoms with van der Waals surface area (Å²) in [5, 5.41) is 3.12. The van der Waals surface area contributed by atoms with Crippen molar-refractivity contribution in [2.75, 3.05) is 38.0 Å². The first-order chi connectivity index (χ1) is 14.1. The first-order valence-corrected chi connectivity index (χ1v) is 12.1. The Morgan fingerprint density at radius 2 is 1.93 bits per heavy atom. The zero-order valence-corrected chi connectivity index (χ0v) is 18.4. The van der Waals surface area contributed by atoms with Gasteiger partial charge in [-0.15, -0.1) is 11.8 Å². The van der Waals surface area contributed by atoms with E-state index >= 15 is 0 Å². The quantitative estimate of drug-likeness (QED) is 0.767. The van der Waals surface area contributed by atoms with Crippen molar-refractivity contribution >= 4 is 40.9 Å². The van der Waals surface area contributed by atoms with Crippen LogP contribution in [0.1, 0.15) is 44.9 Å². The molecular weight excluding hydrogens is 406 g/mol. The Morgan fingerprint density at radius 1 is 1.10 bits per heavy atom. The lowest BCUT2D eigenvalue weighted by atomic mass is 9.89. The van der Waals surface area contributed by atoms with Crippen LogP contribution in [0.4, 0.5) is 5.69 Å².